The van der Waals surface area contributed by atoms with Crippen LogP contribution in [0.1, 0.15) is 31.7 Å². The number of nitrogens with zero attached hydrogens (tertiary/aromatic N) is 2. The molecule has 6 nitrogen and oxygen atoms in total. The second-order valence-electron chi connectivity index (χ2n) is 8.11. The summed E-state index contributed by atoms with van der Waals surface area (Å²) in [6.45, 7) is 1.87. The second-order valence-corrected chi connectivity index (χ2v) is 8.11. The van der Waals surface area contributed by atoms with E-state index in [1.54, 1.807) is 12.1 Å². The van der Waals surface area contributed by atoms with Crippen LogP contribution < -0.4 is 4.90 Å². The van der Waals surface area contributed by atoms with Gasteiger partial charge in [-0.05, 0) is 31.9 Å². The zero-order chi connectivity index (χ0) is 19.7. The molecule has 28 heavy (non-hydrogen) atoms. The number of carbonyl (C=O) groups is 3. The van der Waals surface area contributed by atoms with Crippen molar-refractivity contribution in [2.45, 2.75) is 37.4 Å². The van der Waals surface area contributed by atoms with Crippen molar-refractivity contribution >= 4 is 34.6 Å². The van der Waals surface area contributed by atoms with E-state index >= 15 is 0 Å². The van der Waals surface area contributed by atoms with E-state index in [1.165, 1.54) is 4.90 Å². The largest absolute Gasteiger partial charge is 0.367 e. The molecule has 2 aromatic rings. The Morgan fingerprint density at radius 2 is 1.86 bits per heavy atom. The first-order valence-electron chi connectivity index (χ1n) is 9.39. The van der Waals surface area contributed by atoms with Crippen LogP contribution in [0.15, 0.2) is 36.4 Å². The summed E-state index contributed by atoms with van der Waals surface area (Å²) < 4.78 is 6.16. The zero-order valence-corrected chi connectivity index (χ0v) is 15.3. The summed E-state index contributed by atoms with van der Waals surface area (Å²) in [4.78, 5) is 39.4. The molecular weight excluding hydrogens is 356 g/mol. The van der Waals surface area contributed by atoms with Crippen LogP contribution in [0.3, 0.4) is 0 Å². The molecule has 0 aliphatic carbocycles. The first-order valence-corrected chi connectivity index (χ1v) is 9.39. The smallest absolute Gasteiger partial charge is 0.240 e. The number of fused-ring (bicyclic) bond motifs is 6. The number of rotatable bonds is 3. The van der Waals surface area contributed by atoms with Crippen LogP contribution in [-0.4, -0.2) is 29.3 Å². The normalized spacial score (nSPS) is 33.4. The van der Waals surface area contributed by atoms with Gasteiger partial charge in [-0.25, -0.2) is 4.90 Å². The van der Waals surface area contributed by atoms with Gasteiger partial charge in [0.15, 0.2) is 0 Å². The number of aldehydes is 1. The fourth-order valence-corrected chi connectivity index (χ4v) is 5.50. The van der Waals surface area contributed by atoms with Gasteiger partial charge in [-0.3, -0.25) is 9.59 Å². The molecule has 140 valence electrons. The minimum Gasteiger partial charge on any atom is -0.367 e. The summed E-state index contributed by atoms with van der Waals surface area (Å²) in [6.07, 6.45) is 2.16. The zero-order valence-electron chi connectivity index (χ0n) is 15.3. The van der Waals surface area contributed by atoms with Gasteiger partial charge in [0, 0.05) is 17.2 Å². The van der Waals surface area contributed by atoms with E-state index in [4.69, 9.17) is 4.74 Å². The van der Waals surface area contributed by atoms with E-state index in [1.807, 2.05) is 31.2 Å². The average molecular weight is 374 g/mol. The Kier molecular flexibility index (Phi) is 3.35. The van der Waals surface area contributed by atoms with Crippen molar-refractivity contribution in [3.05, 3.63) is 42.0 Å². The summed E-state index contributed by atoms with van der Waals surface area (Å²) in [5.74, 6) is -1.81. The number of hydrogen-bond acceptors (Lipinski definition) is 5. The monoisotopic (exact) mass is 374 g/mol. The molecule has 3 aliphatic rings. The van der Waals surface area contributed by atoms with Gasteiger partial charge in [0.25, 0.3) is 0 Å². The van der Waals surface area contributed by atoms with Gasteiger partial charge in [0.05, 0.1) is 40.4 Å². The van der Waals surface area contributed by atoms with Gasteiger partial charge >= 0.3 is 0 Å². The third-order valence-corrected chi connectivity index (χ3v) is 6.70. The van der Waals surface area contributed by atoms with E-state index in [-0.39, 0.29) is 18.2 Å². The predicted molar refractivity (Wildman–Crippen MR) is 100 cm³/mol. The molecule has 0 aromatic heterocycles. The molecule has 0 saturated carbocycles. The molecule has 3 aliphatic heterocycles. The molecule has 2 bridgehead atoms. The van der Waals surface area contributed by atoms with Crippen molar-refractivity contribution in [2.24, 2.45) is 11.8 Å². The van der Waals surface area contributed by atoms with Crippen LogP contribution in [0, 0.1) is 23.2 Å². The van der Waals surface area contributed by atoms with Crippen molar-refractivity contribution in [3.8, 4) is 6.07 Å². The van der Waals surface area contributed by atoms with E-state index in [2.05, 4.69) is 6.07 Å². The van der Waals surface area contributed by atoms with Crippen LogP contribution in [0.2, 0.25) is 0 Å². The number of anilines is 1. The molecule has 0 radical (unpaired) electrons. The minimum atomic E-state index is -0.884. The average Bonchev–Trinajstić information content (AvgIpc) is 3.26. The summed E-state index contributed by atoms with van der Waals surface area (Å²) in [7, 11) is 0. The van der Waals surface area contributed by atoms with Crippen LogP contribution in [0.25, 0.3) is 10.8 Å². The van der Waals surface area contributed by atoms with Gasteiger partial charge in [-0.15, -0.1) is 0 Å². The maximum absolute atomic E-state index is 13.5. The summed E-state index contributed by atoms with van der Waals surface area (Å²) in [5.41, 5.74) is -0.627. The van der Waals surface area contributed by atoms with E-state index in [0.717, 1.165) is 6.29 Å². The minimum absolute atomic E-state index is 0.116. The Labute approximate surface area is 161 Å². The van der Waals surface area contributed by atoms with Gasteiger partial charge in [0.2, 0.25) is 11.8 Å². The maximum Gasteiger partial charge on any atom is 0.240 e. The van der Waals surface area contributed by atoms with Crippen molar-refractivity contribution in [1.29, 1.82) is 5.26 Å². The third-order valence-electron chi connectivity index (χ3n) is 6.70. The lowest BCUT2D eigenvalue weighted by atomic mass is 9.67. The molecule has 4 unspecified atom stereocenters. The highest BCUT2D eigenvalue weighted by molar-refractivity contribution is 6.26. The van der Waals surface area contributed by atoms with Crippen LogP contribution in [-0.2, 0) is 19.1 Å². The van der Waals surface area contributed by atoms with Crippen LogP contribution >= 0.6 is 0 Å². The van der Waals surface area contributed by atoms with Gasteiger partial charge < -0.3 is 9.53 Å². The first-order chi connectivity index (χ1) is 13.5. The number of imide groups is 1. The Morgan fingerprint density at radius 3 is 2.57 bits per heavy atom. The third kappa shape index (κ3) is 1.92. The number of amides is 2. The maximum atomic E-state index is 13.5. The molecule has 2 amide bonds. The van der Waals surface area contributed by atoms with E-state index in [0.29, 0.717) is 34.9 Å². The highest BCUT2D eigenvalue weighted by Crippen LogP contribution is 2.62. The van der Waals surface area contributed by atoms with Gasteiger partial charge in [0.1, 0.15) is 6.29 Å². The number of benzene rings is 2. The quantitative estimate of drug-likeness (QED) is 0.609. The van der Waals surface area contributed by atoms with Crippen LogP contribution in [0.4, 0.5) is 5.69 Å². The molecule has 3 saturated heterocycles. The number of nitriles is 1. The molecular formula is C22H18N2O4. The molecule has 0 spiro atoms. The summed E-state index contributed by atoms with van der Waals surface area (Å²) >= 11 is 0. The fraction of sp³-hybridized carbons (Fsp3) is 0.364. The molecule has 3 heterocycles. The Morgan fingerprint density at radius 1 is 1.14 bits per heavy atom. The van der Waals surface area contributed by atoms with Crippen molar-refractivity contribution < 1.29 is 19.1 Å². The molecule has 6 heteroatoms. The fourth-order valence-electron chi connectivity index (χ4n) is 5.50. The molecule has 4 atom stereocenters. The Bertz CT molecular complexity index is 1100. The van der Waals surface area contributed by atoms with Crippen molar-refractivity contribution in [2.75, 3.05) is 4.90 Å². The van der Waals surface area contributed by atoms with E-state index in [9.17, 15) is 19.6 Å². The van der Waals surface area contributed by atoms with Gasteiger partial charge in [-0.2, -0.15) is 5.26 Å². The number of hydrogen-bond donors (Lipinski definition) is 0. The lowest BCUT2D eigenvalue weighted by molar-refractivity contribution is -0.131. The number of ether oxygens (including phenoxy) is 1. The van der Waals surface area contributed by atoms with Crippen molar-refractivity contribution in [1.82, 2.24) is 0 Å². The molecule has 2 aromatic carbocycles. The lowest BCUT2D eigenvalue weighted by Crippen LogP contribution is -2.42. The Balaban J connectivity index is 1.68. The lowest BCUT2D eigenvalue weighted by Gasteiger charge is -2.29. The van der Waals surface area contributed by atoms with Gasteiger partial charge in [-0.1, -0.05) is 24.3 Å². The molecule has 5 rings (SSSR count). The first kappa shape index (κ1) is 17.1. The highest BCUT2D eigenvalue weighted by Gasteiger charge is 2.73. The number of carbonyl (C=O) groups excluding carboxylic acids is 3. The Hall–Kier alpha value is -3.04. The summed E-state index contributed by atoms with van der Waals surface area (Å²) in [5, 5.41) is 10.8. The topological polar surface area (TPSA) is 87.5 Å². The predicted octanol–water partition coefficient (Wildman–Crippen LogP) is 2.73. The SMILES string of the molecule is CC12CCC(CC=O)(O1)C1C(=O)N(c3ccc(C#N)c4ccccc34)C(=O)C12. The molecule has 3 fully saturated rings. The summed E-state index contributed by atoms with van der Waals surface area (Å²) in [6, 6.07) is 12.7. The standard InChI is InChI=1S/C22H18N2O4/c1-21-8-9-22(28-21,10-11-25)18-17(21)19(26)24(20(18)27)16-7-6-13(12-23)14-4-2-3-5-15(14)16/h2-7,11,17-18H,8-10H2,1H3. The second kappa shape index (κ2) is 5.49. The van der Waals surface area contributed by atoms with Crippen molar-refractivity contribution in [3.63, 3.8) is 0 Å². The highest BCUT2D eigenvalue weighted by atomic mass is 16.5. The van der Waals surface area contributed by atoms with E-state index < -0.39 is 23.0 Å². The molecule has 0 N–H and O–H groups in total. The van der Waals surface area contributed by atoms with Crippen LogP contribution in [0.5, 0.6) is 0 Å².